The van der Waals surface area contributed by atoms with E-state index in [0.717, 1.165) is 29.8 Å². The average Bonchev–Trinajstić information content (AvgIpc) is 3.22. The van der Waals surface area contributed by atoms with Crippen molar-refractivity contribution in [3.63, 3.8) is 0 Å². The summed E-state index contributed by atoms with van der Waals surface area (Å²) in [6, 6.07) is 15.5. The van der Waals surface area contributed by atoms with Gasteiger partial charge < -0.3 is 10.4 Å². The Bertz CT molecular complexity index is 742. The second-order valence-corrected chi connectivity index (χ2v) is 6.83. The highest BCUT2D eigenvalue weighted by atomic mass is 16.3. The maximum atomic E-state index is 12.7. The maximum absolute atomic E-state index is 12.7. The summed E-state index contributed by atoms with van der Waals surface area (Å²) >= 11 is 0. The van der Waals surface area contributed by atoms with Crippen molar-refractivity contribution >= 4 is 5.91 Å². The third kappa shape index (κ3) is 4.12. The molecule has 2 unspecified atom stereocenters. The van der Waals surface area contributed by atoms with Crippen LogP contribution >= 0.6 is 0 Å². The van der Waals surface area contributed by atoms with Crippen molar-refractivity contribution in [2.24, 2.45) is 0 Å². The summed E-state index contributed by atoms with van der Waals surface area (Å²) in [5.74, 6) is 0.173. The fourth-order valence-electron chi connectivity index (χ4n) is 3.38. The summed E-state index contributed by atoms with van der Waals surface area (Å²) < 4.78 is 0. The first-order valence-electron chi connectivity index (χ1n) is 9.23. The molecule has 4 N–H and O–H groups in total. The van der Waals surface area contributed by atoms with E-state index >= 15 is 0 Å². The lowest BCUT2D eigenvalue weighted by Crippen LogP contribution is -2.27. The van der Waals surface area contributed by atoms with Crippen molar-refractivity contribution in [1.82, 2.24) is 16.2 Å². The standard InChI is InChI=1S/C21H27N3O2/c1-3-20(25)19-11-16(9-10-18(19)17-12-22-23-13-17)21(26)24-14(2)15-7-5-4-6-8-15/h4-11,14,17,20,22-23,25H,3,12-13H2,1-2H3,(H,24,26). The van der Waals surface area contributed by atoms with E-state index in [4.69, 9.17) is 0 Å². The Morgan fingerprint density at radius 3 is 2.54 bits per heavy atom. The van der Waals surface area contributed by atoms with E-state index in [9.17, 15) is 9.90 Å². The normalized spacial score (nSPS) is 17.0. The monoisotopic (exact) mass is 353 g/mol. The molecule has 2 aromatic carbocycles. The molecule has 1 aliphatic rings. The first-order chi connectivity index (χ1) is 12.6. The zero-order valence-corrected chi connectivity index (χ0v) is 15.3. The van der Waals surface area contributed by atoms with Crippen molar-refractivity contribution in [2.45, 2.75) is 38.3 Å². The van der Waals surface area contributed by atoms with Crippen LogP contribution in [-0.2, 0) is 0 Å². The van der Waals surface area contributed by atoms with Crippen molar-refractivity contribution < 1.29 is 9.90 Å². The van der Waals surface area contributed by atoms with Crippen LogP contribution in [0.4, 0.5) is 0 Å². The van der Waals surface area contributed by atoms with Gasteiger partial charge in [0.25, 0.3) is 5.91 Å². The molecule has 1 fully saturated rings. The SMILES string of the molecule is CCC(O)c1cc(C(=O)NC(C)c2ccccc2)ccc1C1CNNC1. The molecule has 26 heavy (non-hydrogen) atoms. The van der Waals surface area contributed by atoms with E-state index in [1.807, 2.05) is 62.4 Å². The molecule has 1 saturated heterocycles. The molecule has 0 aliphatic carbocycles. The van der Waals surface area contributed by atoms with Gasteiger partial charge in [-0.3, -0.25) is 15.6 Å². The molecule has 2 atom stereocenters. The zero-order chi connectivity index (χ0) is 18.5. The van der Waals surface area contributed by atoms with Gasteiger partial charge in [-0.05, 0) is 42.2 Å². The van der Waals surface area contributed by atoms with Crippen LogP contribution in [0.25, 0.3) is 0 Å². The maximum Gasteiger partial charge on any atom is 0.251 e. The molecule has 0 radical (unpaired) electrons. The largest absolute Gasteiger partial charge is 0.388 e. The molecule has 1 aliphatic heterocycles. The molecule has 2 aromatic rings. The van der Waals surface area contributed by atoms with Crippen molar-refractivity contribution in [3.8, 4) is 0 Å². The summed E-state index contributed by atoms with van der Waals surface area (Å²) in [6.45, 7) is 5.56. The second-order valence-electron chi connectivity index (χ2n) is 6.83. The number of aliphatic hydroxyl groups excluding tert-OH is 1. The average molecular weight is 353 g/mol. The number of amides is 1. The predicted octanol–water partition coefficient (Wildman–Crippen LogP) is 2.81. The molecule has 0 spiro atoms. The lowest BCUT2D eigenvalue weighted by Gasteiger charge is -2.20. The number of carbonyl (C=O) groups is 1. The minimum absolute atomic E-state index is 0.0776. The van der Waals surface area contributed by atoms with Gasteiger partial charge in [-0.1, -0.05) is 43.3 Å². The Balaban J connectivity index is 1.81. The lowest BCUT2D eigenvalue weighted by molar-refractivity contribution is 0.0939. The lowest BCUT2D eigenvalue weighted by atomic mass is 9.89. The van der Waals surface area contributed by atoms with Gasteiger partial charge in [-0.25, -0.2) is 0 Å². The topological polar surface area (TPSA) is 73.4 Å². The summed E-state index contributed by atoms with van der Waals surface area (Å²) in [7, 11) is 0. The van der Waals surface area contributed by atoms with Gasteiger partial charge in [0.15, 0.2) is 0 Å². The number of benzene rings is 2. The number of carbonyl (C=O) groups excluding carboxylic acids is 1. The number of hydrazine groups is 1. The van der Waals surface area contributed by atoms with Crippen molar-refractivity contribution in [1.29, 1.82) is 0 Å². The summed E-state index contributed by atoms with van der Waals surface area (Å²) in [5.41, 5.74) is 9.85. The highest BCUT2D eigenvalue weighted by molar-refractivity contribution is 5.94. The molecule has 0 bridgehead atoms. The molecule has 138 valence electrons. The van der Waals surface area contributed by atoms with Crippen LogP contribution < -0.4 is 16.2 Å². The first-order valence-corrected chi connectivity index (χ1v) is 9.23. The minimum Gasteiger partial charge on any atom is -0.388 e. The Morgan fingerprint density at radius 2 is 1.88 bits per heavy atom. The number of nitrogens with one attached hydrogen (secondary N) is 3. The van der Waals surface area contributed by atoms with Crippen molar-refractivity contribution in [3.05, 3.63) is 70.8 Å². The number of hydrogen-bond acceptors (Lipinski definition) is 4. The van der Waals surface area contributed by atoms with E-state index in [1.165, 1.54) is 0 Å². The number of rotatable bonds is 6. The van der Waals surface area contributed by atoms with Crippen LogP contribution in [0, 0.1) is 0 Å². The molecule has 3 rings (SSSR count). The zero-order valence-electron chi connectivity index (χ0n) is 15.3. The fraction of sp³-hybridized carbons (Fsp3) is 0.381. The van der Waals surface area contributed by atoms with Crippen LogP contribution in [0.15, 0.2) is 48.5 Å². The van der Waals surface area contributed by atoms with Gasteiger partial charge in [-0.15, -0.1) is 0 Å². The number of hydrogen-bond donors (Lipinski definition) is 4. The molecule has 0 aromatic heterocycles. The van der Waals surface area contributed by atoms with Crippen molar-refractivity contribution in [2.75, 3.05) is 13.1 Å². The fourth-order valence-corrected chi connectivity index (χ4v) is 3.38. The van der Waals surface area contributed by atoms with Crippen LogP contribution in [0.1, 0.15) is 65.4 Å². The van der Waals surface area contributed by atoms with Crippen LogP contribution in [-0.4, -0.2) is 24.1 Å². The Morgan fingerprint density at radius 1 is 1.19 bits per heavy atom. The first kappa shape index (κ1) is 18.6. The van der Waals surface area contributed by atoms with Gasteiger partial charge >= 0.3 is 0 Å². The van der Waals surface area contributed by atoms with Crippen LogP contribution in [0.2, 0.25) is 0 Å². The Kier molecular flexibility index (Phi) is 6.04. The van der Waals surface area contributed by atoms with Crippen LogP contribution in [0.3, 0.4) is 0 Å². The van der Waals surface area contributed by atoms with Gasteiger partial charge in [0.2, 0.25) is 0 Å². The minimum atomic E-state index is -0.565. The predicted molar refractivity (Wildman–Crippen MR) is 103 cm³/mol. The molecule has 1 amide bonds. The van der Waals surface area contributed by atoms with E-state index < -0.39 is 6.10 Å². The molecular weight excluding hydrogens is 326 g/mol. The van der Waals surface area contributed by atoms with E-state index in [-0.39, 0.29) is 11.9 Å². The van der Waals surface area contributed by atoms with E-state index in [0.29, 0.717) is 17.9 Å². The van der Waals surface area contributed by atoms with Gasteiger partial charge in [0, 0.05) is 24.6 Å². The van der Waals surface area contributed by atoms with Gasteiger partial charge in [0.1, 0.15) is 0 Å². The summed E-state index contributed by atoms with van der Waals surface area (Å²) in [4.78, 5) is 12.7. The third-order valence-corrected chi connectivity index (χ3v) is 5.00. The Labute approximate surface area is 154 Å². The van der Waals surface area contributed by atoms with Gasteiger partial charge in [0.05, 0.1) is 12.1 Å². The highest BCUT2D eigenvalue weighted by Crippen LogP contribution is 2.29. The van der Waals surface area contributed by atoms with Crippen LogP contribution in [0.5, 0.6) is 0 Å². The molecule has 1 heterocycles. The second kappa shape index (κ2) is 8.45. The van der Waals surface area contributed by atoms with E-state index in [2.05, 4.69) is 16.2 Å². The molecule has 5 nitrogen and oxygen atoms in total. The van der Waals surface area contributed by atoms with E-state index in [1.54, 1.807) is 0 Å². The Hall–Kier alpha value is -2.21. The summed E-state index contributed by atoms with van der Waals surface area (Å²) in [6.07, 6.45) is 0.0522. The highest BCUT2D eigenvalue weighted by Gasteiger charge is 2.23. The molecular formula is C21H27N3O2. The smallest absolute Gasteiger partial charge is 0.251 e. The summed E-state index contributed by atoms with van der Waals surface area (Å²) in [5, 5.41) is 13.5. The quantitative estimate of drug-likeness (QED) is 0.644. The number of aliphatic hydroxyl groups is 1. The molecule has 5 heteroatoms. The third-order valence-electron chi connectivity index (χ3n) is 5.00. The molecule has 0 saturated carbocycles. The van der Waals surface area contributed by atoms with Gasteiger partial charge in [-0.2, -0.15) is 0 Å².